The molecule has 0 atom stereocenters. The summed E-state index contributed by atoms with van der Waals surface area (Å²) in [6, 6.07) is 7.32. The molecule has 1 aromatic carbocycles. The van der Waals surface area contributed by atoms with Crippen LogP contribution in [0.4, 0.5) is 13.2 Å². The number of aromatic nitrogens is 6. The van der Waals surface area contributed by atoms with Gasteiger partial charge in [-0.2, -0.15) is 28.4 Å². The first-order valence-corrected chi connectivity index (χ1v) is 11.3. The fraction of sp³-hybridized carbons (Fsp3) is 0.292. The highest BCUT2D eigenvalue weighted by atomic mass is 19.4. The number of rotatable bonds is 5. The van der Waals surface area contributed by atoms with E-state index in [0.717, 1.165) is 37.1 Å². The largest absolute Gasteiger partial charge is 0.491 e. The first-order valence-electron chi connectivity index (χ1n) is 11.3. The van der Waals surface area contributed by atoms with Crippen molar-refractivity contribution in [1.82, 2.24) is 34.8 Å². The number of nitrogens with zero attached hydrogens (tertiary/aromatic N) is 6. The summed E-state index contributed by atoms with van der Waals surface area (Å²) in [6.45, 7) is 1.70. The average Bonchev–Trinajstić information content (AvgIpc) is 3.54. The van der Waals surface area contributed by atoms with Crippen LogP contribution in [0.5, 0.6) is 5.88 Å². The van der Waals surface area contributed by atoms with E-state index in [-0.39, 0.29) is 17.4 Å². The number of alkyl halides is 3. The van der Waals surface area contributed by atoms with E-state index in [1.807, 2.05) is 12.3 Å². The van der Waals surface area contributed by atoms with Gasteiger partial charge in [0.25, 0.3) is 0 Å². The zero-order valence-corrected chi connectivity index (χ0v) is 19.2. The van der Waals surface area contributed by atoms with Gasteiger partial charge >= 0.3 is 12.1 Å². The van der Waals surface area contributed by atoms with Crippen molar-refractivity contribution in [1.29, 1.82) is 0 Å². The van der Waals surface area contributed by atoms with Gasteiger partial charge in [0.2, 0.25) is 5.88 Å². The van der Waals surface area contributed by atoms with E-state index in [1.54, 1.807) is 47.0 Å². The number of piperidine rings is 1. The number of halogens is 3. The van der Waals surface area contributed by atoms with Gasteiger partial charge < -0.3 is 10.1 Å². The second kappa shape index (κ2) is 9.53. The van der Waals surface area contributed by atoms with Gasteiger partial charge in [-0.3, -0.25) is 9.36 Å². The Morgan fingerprint density at radius 3 is 2.50 bits per heavy atom. The molecule has 0 unspecified atom stereocenters. The van der Waals surface area contributed by atoms with Crippen LogP contribution in [-0.4, -0.2) is 54.8 Å². The van der Waals surface area contributed by atoms with E-state index < -0.39 is 18.0 Å². The molecule has 9 nitrogen and oxygen atoms in total. The SMILES string of the molecule is Cn1cc(-c2cccc(-c3ncc(-c4cnn(C5CCNCC5)c4)c(OC(=O)C(F)(F)F)n3)c2)cn1. The molecule has 5 rings (SSSR count). The molecule has 1 N–H and O–H groups in total. The van der Waals surface area contributed by atoms with Crippen LogP contribution in [0.15, 0.2) is 55.2 Å². The maximum absolute atomic E-state index is 13.0. The van der Waals surface area contributed by atoms with Crippen molar-refractivity contribution in [2.75, 3.05) is 13.1 Å². The minimum Gasteiger partial charge on any atom is -0.400 e. The van der Waals surface area contributed by atoms with Gasteiger partial charge in [-0.1, -0.05) is 18.2 Å². The number of hydrogen-bond acceptors (Lipinski definition) is 7. The highest BCUT2D eigenvalue weighted by molar-refractivity contribution is 5.81. The summed E-state index contributed by atoms with van der Waals surface area (Å²) in [6.07, 6.45) is 4.67. The van der Waals surface area contributed by atoms with Crippen molar-refractivity contribution in [3.05, 3.63) is 55.2 Å². The van der Waals surface area contributed by atoms with Gasteiger partial charge in [0.15, 0.2) is 5.82 Å². The Labute approximate surface area is 203 Å². The topological polar surface area (TPSA) is 99.8 Å². The molecule has 3 aromatic heterocycles. The molecule has 0 amide bonds. The Bertz CT molecular complexity index is 1390. The Hall–Kier alpha value is -4.06. The van der Waals surface area contributed by atoms with Gasteiger partial charge in [0, 0.05) is 42.3 Å². The van der Waals surface area contributed by atoms with Crippen molar-refractivity contribution in [3.63, 3.8) is 0 Å². The second-order valence-corrected chi connectivity index (χ2v) is 8.47. The highest BCUT2D eigenvalue weighted by Crippen LogP contribution is 2.33. The predicted molar refractivity (Wildman–Crippen MR) is 124 cm³/mol. The number of nitrogens with one attached hydrogen (secondary N) is 1. The van der Waals surface area contributed by atoms with Gasteiger partial charge in [0.1, 0.15) is 0 Å². The lowest BCUT2D eigenvalue weighted by Crippen LogP contribution is -2.29. The number of carbonyl (C=O) groups excluding carboxylic acids is 1. The van der Waals surface area contributed by atoms with E-state index in [2.05, 4.69) is 25.5 Å². The molecule has 186 valence electrons. The third-order valence-electron chi connectivity index (χ3n) is 5.93. The van der Waals surface area contributed by atoms with Crippen LogP contribution in [0.25, 0.3) is 33.6 Å². The molecular weight excluding hydrogens is 475 g/mol. The minimum atomic E-state index is -5.18. The van der Waals surface area contributed by atoms with Crippen LogP contribution in [0.3, 0.4) is 0 Å². The summed E-state index contributed by atoms with van der Waals surface area (Å²) in [5, 5.41) is 11.8. The molecule has 0 aliphatic carbocycles. The lowest BCUT2D eigenvalue weighted by molar-refractivity contribution is -0.189. The molecule has 0 spiro atoms. The Morgan fingerprint density at radius 1 is 1.03 bits per heavy atom. The number of hydrogen-bond donors (Lipinski definition) is 1. The number of esters is 1. The molecule has 1 aliphatic heterocycles. The first-order chi connectivity index (χ1) is 17.3. The number of benzene rings is 1. The van der Waals surface area contributed by atoms with Crippen LogP contribution < -0.4 is 10.1 Å². The minimum absolute atomic E-state index is 0.111. The fourth-order valence-electron chi connectivity index (χ4n) is 4.08. The third-order valence-corrected chi connectivity index (χ3v) is 5.93. The van der Waals surface area contributed by atoms with E-state index in [1.165, 1.54) is 12.4 Å². The maximum Gasteiger partial charge on any atom is 0.491 e. The Morgan fingerprint density at radius 2 is 1.78 bits per heavy atom. The molecule has 12 heteroatoms. The summed E-state index contributed by atoms with van der Waals surface area (Å²) in [5.74, 6) is -2.73. The molecule has 4 aromatic rings. The van der Waals surface area contributed by atoms with Crippen LogP contribution in [-0.2, 0) is 11.8 Å². The number of ether oxygens (including phenoxy) is 1. The van der Waals surface area contributed by atoms with Gasteiger partial charge in [-0.25, -0.2) is 9.78 Å². The van der Waals surface area contributed by atoms with E-state index >= 15 is 0 Å². The van der Waals surface area contributed by atoms with Crippen molar-refractivity contribution in [3.8, 4) is 39.5 Å². The Balaban J connectivity index is 1.52. The molecule has 1 aliphatic rings. The molecule has 4 heterocycles. The third kappa shape index (κ3) is 4.98. The van der Waals surface area contributed by atoms with Crippen molar-refractivity contribution in [2.24, 2.45) is 7.05 Å². The summed E-state index contributed by atoms with van der Waals surface area (Å²) in [5.41, 5.74) is 2.81. The lowest BCUT2D eigenvalue weighted by atomic mass is 10.1. The molecule has 0 bridgehead atoms. The van der Waals surface area contributed by atoms with Gasteiger partial charge in [0.05, 0.1) is 24.0 Å². The van der Waals surface area contributed by atoms with Crippen molar-refractivity contribution >= 4 is 5.97 Å². The fourth-order valence-corrected chi connectivity index (χ4v) is 4.08. The molecule has 1 saturated heterocycles. The summed E-state index contributed by atoms with van der Waals surface area (Å²) >= 11 is 0. The first kappa shape index (κ1) is 23.7. The predicted octanol–water partition coefficient (Wildman–Crippen LogP) is 3.80. The summed E-state index contributed by atoms with van der Waals surface area (Å²) in [4.78, 5) is 20.3. The molecule has 0 radical (unpaired) electrons. The molecule has 1 fully saturated rings. The number of aryl methyl sites for hydroxylation is 1. The smallest absolute Gasteiger partial charge is 0.400 e. The lowest BCUT2D eigenvalue weighted by Gasteiger charge is -2.22. The van der Waals surface area contributed by atoms with Crippen LogP contribution in [0, 0.1) is 0 Å². The molecule has 0 saturated carbocycles. The van der Waals surface area contributed by atoms with Crippen LogP contribution in [0.2, 0.25) is 0 Å². The summed E-state index contributed by atoms with van der Waals surface area (Å²) < 4.78 is 47.3. The zero-order valence-electron chi connectivity index (χ0n) is 19.2. The van der Waals surface area contributed by atoms with Crippen molar-refractivity contribution in [2.45, 2.75) is 25.1 Å². The molecular formula is C24H22F3N7O2. The molecule has 36 heavy (non-hydrogen) atoms. The van der Waals surface area contributed by atoms with E-state index in [0.29, 0.717) is 11.1 Å². The van der Waals surface area contributed by atoms with Gasteiger partial charge in [-0.05, 0) is 37.6 Å². The van der Waals surface area contributed by atoms with Crippen molar-refractivity contribution < 1.29 is 22.7 Å². The Kier molecular flexibility index (Phi) is 6.27. The monoisotopic (exact) mass is 497 g/mol. The highest BCUT2D eigenvalue weighted by Gasteiger charge is 2.42. The second-order valence-electron chi connectivity index (χ2n) is 8.47. The van der Waals surface area contributed by atoms with E-state index in [9.17, 15) is 18.0 Å². The maximum atomic E-state index is 13.0. The average molecular weight is 497 g/mol. The normalized spacial score (nSPS) is 14.7. The standard InChI is InChI=1S/C24H22F3N7O2/c1-33-13-17(10-30-33)15-3-2-4-16(9-15)21-29-12-20(22(32-21)36-23(35)24(25,26)27)18-11-31-34(14-18)19-5-7-28-8-6-19/h2-4,9-14,19,28H,5-8H2,1H3. The van der Waals surface area contributed by atoms with Crippen LogP contribution >= 0.6 is 0 Å². The number of carbonyl (C=O) groups is 1. The quantitative estimate of drug-likeness (QED) is 0.419. The summed E-state index contributed by atoms with van der Waals surface area (Å²) in [7, 11) is 1.80. The van der Waals surface area contributed by atoms with Gasteiger partial charge in [-0.15, -0.1) is 0 Å². The van der Waals surface area contributed by atoms with Crippen LogP contribution in [0.1, 0.15) is 18.9 Å². The zero-order chi connectivity index (χ0) is 25.3. The van der Waals surface area contributed by atoms with E-state index in [4.69, 9.17) is 4.74 Å².